The molecule has 144 valence electrons. The van der Waals surface area contributed by atoms with Crippen LogP contribution in [0.4, 0.5) is 26.6 Å². The SMILES string of the molecule is O=C(OF)C(C(=O)OF)(C(F)(F)F)C(F)(c1ccccc1)c1ccccc1. The standard InChI is InChI=1S/C17H10F6O4/c18-16(11-7-3-1-4-8-11,12-9-5-2-6-10-12)15(13(24)26-22,14(25)27-23)17(19,20)21/h1-10H. The van der Waals surface area contributed by atoms with Crippen molar-refractivity contribution in [1.82, 2.24) is 0 Å². The Morgan fingerprint density at radius 2 is 1.00 bits per heavy atom. The van der Waals surface area contributed by atoms with Crippen LogP contribution in [-0.4, -0.2) is 18.1 Å². The summed E-state index contributed by atoms with van der Waals surface area (Å²) >= 11 is 0. The molecule has 4 nitrogen and oxygen atoms in total. The lowest BCUT2D eigenvalue weighted by atomic mass is 9.65. The van der Waals surface area contributed by atoms with Crippen LogP contribution in [0.25, 0.3) is 0 Å². The van der Waals surface area contributed by atoms with E-state index < -0.39 is 40.3 Å². The molecule has 0 saturated heterocycles. The van der Waals surface area contributed by atoms with E-state index in [0.29, 0.717) is 0 Å². The smallest absolute Gasteiger partial charge is 0.253 e. The lowest BCUT2D eigenvalue weighted by molar-refractivity contribution is -0.291. The molecule has 0 aromatic heterocycles. The van der Waals surface area contributed by atoms with Crippen molar-refractivity contribution >= 4 is 11.9 Å². The molecule has 27 heavy (non-hydrogen) atoms. The molecule has 2 aromatic rings. The van der Waals surface area contributed by atoms with Crippen molar-refractivity contribution in [3.8, 4) is 0 Å². The second-order valence-corrected chi connectivity index (χ2v) is 5.37. The highest BCUT2D eigenvalue weighted by Gasteiger charge is 2.81. The van der Waals surface area contributed by atoms with Crippen molar-refractivity contribution in [2.45, 2.75) is 11.8 Å². The number of benzene rings is 2. The Balaban J connectivity index is 3.04. The van der Waals surface area contributed by atoms with Crippen molar-refractivity contribution in [3.63, 3.8) is 0 Å². The van der Waals surface area contributed by atoms with Crippen LogP contribution in [0.1, 0.15) is 11.1 Å². The first-order valence-electron chi connectivity index (χ1n) is 7.20. The summed E-state index contributed by atoms with van der Waals surface area (Å²) in [4.78, 5) is 28.9. The molecule has 0 N–H and O–H groups in total. The summed E-state index contributed by atoms with van der Waals surface area (Å²) in [5.74, 6) is -6.04. The van der Waals surface area contributed by atoms with Crippen molar-refractivity contribution < 1.29 is 46.1 Å². The Labute approximate surface area is 148 Å². The first-order valence-corrected chi connectivity index (χ1v) is 7.20. The van der Waals surface area contributed by atoms with Gasteiger partial charge in [-0.1, -0.05) is 60.7 Å². The van der Waals surface area contributed by atoms with Crippen molar-refractivity contribution in [3.05, 3.63) is 71.8 Å². The maximum atomic E-state index is 16.3. The summed E-state index contributed by atoms with van der Waals surface area (Å²) in [7, 11) is 0. The van der Waals surface area contributed by atoms with Crippen LogP contribution in [0, 0.1) is 5.41 Å². The third-order valence-electron chi connectivity index (χ3n) is 4.04. The largest absolute Gasteiger partial charge is 0.419 e. The quantitative estimate of drug-likeness (QED) is 0.562. The average Bonchev–Trinajstić information content (AvgIpc) is 2.68. The second kappa shape index (κ2) is 7.29. The lowest BCUT2D eigenvalue weighted by Crippen LogP contribution is -2.63. The fourth-order valence-electron chi connectivity index (χ4n) is 2.84. The topological polar surface area (TPSA) is 52.6 Å². The zero-order valence-corrected chi connectivity index (χ0v) is 13.2. The van der Waals surface area contributed by atoms with Gasteiger partial charge in [0, 0.05) is 9.05 Å². The molecule has 10 heteroatoms. The van der Waals surface area contributed by atoms with Gasteiger partial charge in [0.05, 0.1) is 0 Å². The summed E-state index contributed by atoms with van der Waals surface area (Å²) in [5.41, 5.74) is -10.9. The highest BCUT2D eigenvalue weighted by Crippen LogP contribution is 2.58. The molecular formula is C17H10F6O4. The van der Waals surface area contributed by atoms with E-state index in [9.17, 15) is 31.8 Å². The van der Waals surface area contributed by atoms with Gasteiger partial charge in [0.1, 0.15) is 0 Å². The van der Waals surface area contributed by atoms with Gasteiger partial charge in [-0.05, 0) is 11.1 Å². The van der Waals surface area contributed by atoms with Gasteiger partial charge in [0.15, 0.2) is 5.67 Å². The third kappa shape index (κ3) is 2.90. The Bertz CT molecular complexity index is 752. The van der Waals surface area contributed by atoms with Gasteiger partial charge >= 0.3 is 23.5 Å². The summed E-state index contributed by atoms with van der Waals surface area (Å²) in [6.45, 7) is 0. The maximum absolute atomic E-state index is 16.3. The zero-order chi connectivity index (χ0) is 20.3. The van der Waals surface area contributed by atoms with E-state index in [-0.39, 0.29) is 0 Å². The molecule has 2 aromatic carbocycles. The molecule has 0 amide bonds. The van der Waals surface area contributed by atoms with E-state index in [1.54, 1.807) is 0 Å². The highest BCUT2D eigenvalue weighted by atomic mass is 19.4. The Hall–Kier alpha value is -3.04. The number of hydrogen-bond donors (Lipinski definition) is 0. The predicted octanol–water partition coefficient (Wildman–Crippen LogP) is 4.30. The van der Waals surface area contributed by atoms with Crippen molar-refractivity contribution in [2.75, 3.05) is 0 Å². The Morgan fingerprint density at radius 1 is 0.667 bits per heavy atom. The van der Waals surface area contributed by atoms with Gasteiger partial charge < -0.3 is 0 Å². The van der Waals surface area contributed by atoms with Crippen LogP contribution >= 0.6 is 0 Å². The van der Waals surface area contributed by atoms with Gasteiger partial charge in [-0.3, -0.25) is 9.88 Å². The molecule has 0 aliphatic carbocycles. The molecule has 0 fully saturated rings. The molecule has 0 bridgehead atoms. The molecule has 0 radical (unpaired) electrons. The molecule has 2 rings (SSSR count). The van der Waals surface area contributed by atoms with E-state index in [2.05, 4.69) is 9.88 Å². The summed E-state index contributed by atoms with van der Waals surface area (Å²) in [6.07, 6.45) is -6.15. The number of hydrogen-bond acceptors (Lipinski definition) is 4. The van der Waals surface area contributed by atoms with E-state index >= 15 is 4.39 Å². The summed E-state index contributed by atoms with van der Waals surface area (Å²) in [6, 6.07) is 10.3. The number of alkyl halides is 4. The molecule has 0 spiro atoms. The first-order chi connectivity index (χ1) is 12.7. The molecule has 0 heterocycles. The Morgan fingerprint density at radius 3 is 1.26 bits per heavy atom. The minimum absolute atomic E-state index is 0.810. The van der Waals surface area contributed by atoms with Crippen LogP contribution < -0.4 is 0 Å². The second-order valence-electron chi connectivity index (χ2n) is 5.37. The van der Waals surface area contributed by atoms with E-state index in [4.69, 9.17) is 0 Å². The van der Waals surface area contributed by atoms with Crippen LogP contribution in [-0.2, 0) is 25.1 Å². The monoisotopic (exact) mass is 392 g/mol. The van der Waals surface area contributed by atoms with E-state index in [1.807, 2.05) is 0 Å². The maximum Gasteiger partial charge on any atom is 0.419 e. The molecule has 0 aliphatic heterocycles. The number of halogens is 6. The van der Waals surface area contributed by atoms with Crippen LogP contribution in [0.15, 0.2) is 60.7 Å². The number of carbonyl (C=O) groups is 2. The van der Waals surface area contributed by atoms with Gasteiger partial charge in [-0.2, -0.15) is 13.2 Å². The minimum atomic E-state index is -6.15. The van der Waals surface area contributed by atoms with Crippen molar-refractivity contribution in [1.29, 1.82) is 0 Å². The molecule has 0 saturated carbocycles. The van der Waals surface area contributed by atoms with E-state index in [0.717, 1.165) is 48.5 Å². The van der Waals surface area contributed by atoms with Gasteiger partial charge in [-0.25, -0.2) is 14.0 Å². The fraction of sp³-hybridized carbons (Fsp3) is 0.176. The fourth-order valence-corrected chi connectivity index (χ4v) is 2.84. The molecular weight excluding hydrogens is 382 g/mol. The summed E-state index contributed by atoms with van der Waals surface area (Å²) < 4.78 is 83.4. The normalized spacial score (nSPS) is 12.4. The average molecular weight is 392 g/mol. The minimum Gasteiger partial charge on any atom is -0.253 e. The molecule has 0 aliphatic rings. The molecule has 0 atom stereocenters. The van der Waals surface area contributed by atoms with Crippen molar-refractivity contribution in [2.24, 2.45) is 5.41 Å². The predicted molar refractivity (Wildman–Crippen MR) is 77.7 cm³/mol. The lowest BCUT2D eigenvalue weighted by Gasteiger charge is -2.40. The van der Waals surface area contributed by atoms with Crippen LogP contribution in [0.5, 0.6) is 0 Å². The van der Waals surface area contributed by atoms with Crippen LogP contribution in [0.2, 0.25) is 0 Å². The molecule has 0 unspecified atom stereocenters. The van der Waals surface area contributed by atoms with Gasteiger partial charge in [-0.15, -0.1) is 0 Å². The number of carbonyl (C=O) groups excluding carboxylic acids is 2. The first kappa shape index (κ1) is 20.3. The van der Waals surface area contributed by atoms with Gasteiger partial charge in [0.2, 0.25) is 0 Å². The Kier molecular flexibility index (Phi) is 5.48. The number of rotatable bonds is 5. The summed E-state index contributed by atoms with van der Waals surface area (Å²) in [5, 5.41) is 0. The van der Waals surface area contributed by atoms with Crippen LogP contribution in [0.3, 0.4) is 0 Å². The third-order valence-corrected chi connectivity index (χ3v) is 4.04. The zero-order valence-electron chi connectivity index (χ0n) is 13.2. The highest BCUT2D eigenvalue weighted by molar-refractivity contribution is 6.03. The van der Waals surface area contributed by atoms with E-state index in [1.165, 1.54) is 12.1 Å². The van der Waals surface area contributed by atoms with Gasteiger partial charge in [0.25, 0.3) is 0 Å².